The van der Waals surface area contributed by atoms with Gasteiger partial charge in [-0.25, -0.2) is 8.78 Å². The highest BCUT2D eigenvalue weighted by Gasteiger charge is 2.24. The second kappa shape index (κ2) is 7.72. The zero-order valence-corrected chi connectivity index (χ0v) is 15.5. The van der Waals surface area contributed by atoms with Crippen LogP contribution >= 0.6 is 0 Å². The molecule has 2 aliphatic heterocycles. The van der Waals surface area contributed by atoms with E-state index in [0.717, 1.165) is 62.5 Å². The number of hydrogen-bond donors (Lipinski definition) is 1. The summed E-state index contributed by atoms with van der Waals surface area (Å²) in [6.07, 6.45) is 1.93. The molecule has 0 bridgehead atoms. The Hall–Kier alpha value is -2.34. The number of nitrogens with one attached hydrogen (secondary N) is 1. The van der Waals surface area contributed by atoms with Crippen molar-refractivity contribution in [2.45, 2.75) is 18.9 Å². The maximum absolute atomic E-state index is 13.4. The molecule has 1 N–H and O–H groups in total. The summed E-state index contributed by atoms with van der Waals surface area (Å²) in [7, 11) is 1.58. The second-order valence-corrected chi connectivity index (χ2v) is 7.29. The summed E-state index contributed by atoms with van der Waals surface area (Å²) in [5, 5.41) is 3.56. The van der Waals surface area contributed by atoms with E-state index in [1.54, 1.807) is 19.2 Å². The van der Waals surface area contributed by atoms with Crippen LogP contribution < -0.4 is 15.0 Å². The molecule has 2 aliphatic rings. The number of ether oxygens (including phenoxy) is 1. The zero-order chi connectivity index (χ0) is 18.8. The molecule has 2 aromatic carbocycles. The van der Waals surface area contributed by atoms with E-state index in [4.69, 9.17) is 4.74 Å². The molecule has 2 heterocycles. The maximum atomic E-state index is 13.4. The highest BCUT2D eigenvalue weighted by Crippen LogP contribution is 2.30. The molecule has 2 aromatic rings. The van der Waals surface area contributed by atoms with E-state index in [2.05, 4.69) is 15.1 Å². The number of halogens is 2. The third kappa shape index (κ3) is 4.00. The molecule has 1 saturated heterocycles. The number of methoxy groups -OCH3 is 1. The highest BCUT2D eigenvalue weighted by molar-refractivity contribution is 5.59. The lowest BCUT2D eigenvalue weighted by Gasteiger charge is -2.39. The summed E-state index contributed by atoms with van der Waals surface area (Å²) in [6, 6.07) is 10.1. The average molecular weight is 373 g/mol. The van der Waals surface area contributed by atoms with Gasteiger partial charge in [-0.2, -0.15) is 0 Å². The molecule has 27 heavy (non-hydrogen) atoms. The van der Waals surface area contributed by atoms with E-state index in [1.165, 1.54) is 18.2 Å². The van der Waals surface area contributed by atoms with Crippen LogP contribution in [-0.2, 0) is 6.42 Å². The first-order valence-corrected chi connectivity index (χ1v) is 9.48. The lowest BCUT2D eigenvalue weighted by atomic mass is 9.97. The van der Waals surface area contributed by atoms with Crippen molar-refractivity contribution in [3.05, 3.63) is 53.6 Å². The fraction of sp³-hybridized carbons (Fsp3) is 0.429. The van der Waals surface area contributed by atoms with Gasteiger partial charge >= 0.3 is 0 Å². The molecule has 0 aliphatic carbocycles. The highest BCUT2D eigenvalue weighted by atomic mass is 19.1. The van der Waals surface area contributed by atoms with Crippen LogP contribution in [0.5, 0.6) is 5.75 Å². The molecule has 1 unspecified atom stereocenters. The van der Waals surface area contributed by atoms with Crippen LogP contribution in [0.4, 0.5) is 20.2 Å². The largest absolute Gasteiger partial charge is 0.494 e. The summed E-state index contributed by atoms with van der Waals surface area (Å²) < 4.78 is 32.1. The normalized spacial score (nSPS) is 20.1. The van der Waals surface area contributed by atoms with Gasteiger partial charge in [-0.1, -0.05) is 0 Å². The van der Waals surface area contributed by atoms with Crippen molar-refractivity contribution in [1.29, 1.82) is 0 Å². The molecule has 1 atom stereocenters. The molecule has 0 spiro atoms. The Bertz CT molecular complexity index is 806. The van der Waals surface area contributed by atoms with Crippen molar-refractivity contribution >= 4 is 11.4 Å². The van der Waals surface area contributed by atoms with E-state index in [0.29, 0.717) is 11.8 Å². The predicted molar refractivity (Wildman–Crippen MR) is 104 cm³/mol. The fourth-order valence-corrected chi connectivity index (χ4v) is 4.06. The minimum Gasteiger partial charge on any atom is -0.494 e. The van der Waals surface area contributed by atoms with Crippen molar-refractivity contribution in [2.24, 2.45) is 0 Å². The number of fused-ring (bicyclic) bond motifs is 1. The van der Waals surface area contributed by atoms with Gasteiger partial charge in [0, 0.05) is 50.5 Å². The van der Waals surface area contributed by atoms with E-state index < -0.39 is 0 Å². The quantitative estimate of drug-likeness (QED) is 0.888. The summed E-state index contributed by atoms with van der Waals surface area (Å²) in [6.45, 7) is 4.65. The molecule has 0 aromatic heterocycles. The Kier molecular flexibility index (Phi) is 5.16. The monoisotopic (exact) mass is 373 g/mol. The molecule has 4 nitrogen and oxygen atoms in total. The number of aryl methyl sites for hydroxylation is 1. The van der Waals surface area contributed by atoms with Crippen LogP contribution in [0.3, 0.4) is 0 Å². The van der Waals surface area contributed by atoms with Crippen LogP contribution in [0.2, 0.25) is 0 Å². The Morgan fingerprint density at radius 3 is 2.56 bits per heavy atom. The summed E-state index contributed by atoms with van der Waals surface area (Å²) in [5.74, 6) is 0.139. The maximum Gasteiger partial charge on any atom is 0.145 e. The zero-order valence-electron chi connectivity index (χ0n) is 15.5. The molecule has 144 valence electrons. The topological polar surface area (TPSA) is 27.7 Å². The van der Waals surface area contributed by atoms with Crippen molar-refractivity contribution < 1.29 is 13.5 Å². The van der Waals surface area contributed by atoms with Gasteiger partial charge in [0.2, 0.25) is 0 Å². The van der Waals surface area contributed by atoms with E-state index in [1.807, 2.05) is 6.07 Å². The van der Waals surface area contributed by atoms with Gasteiger partial charge in [0.05, 0.1) is 12.8 Å². The summed E-state index contributed by atoms with van der Waals surface area (Å²) in [5.41, 5.74) is 3.08. The Morgan fingerprint density at radius 1 is 1.04 bits per heavy atom. The van der Waals surface area contributed by atoms with Gasteiger partial charge < -0.3 is 15.0 Å². The first-order valence-electron chi connectivity index (χ1n) is 9.48. The van der Waals surface area contributed by atoms with Crippen LogP contribution in [0, 0.1) is 11.6 Å². The minimum atomic E-state index is -0.280. The lowest BCUT2D eigenvalue weighted by Crippen LogP contribution is -2.50. The minimum absolute atomic E-state index is 0.165. The van der Waals surface area contributed by atoms with Gasteiger partial charge in [0.1, 0.15) is 17.4 Å². The molecule has 0 amide bonds. The van der Waals surface area contributed by atoms with Crippen molar-refractivity contribution in [1.82, 2.24) is 4.90 Å². The number of hydrogen-bond acceptors (Lipinski definition) is 4. The third-order valence-electron chi connectivity index (χ3n) is 5.52. The molecular formula is C21H25F2N3O. The third-order valence-corrected chi connectivity index (χ3v) is 5.52. The second-order valence-electron chi connectivity index (χ2n) is 7.29. The van der Waals surface area contributed by atoms with E-state index in [9.17, 15) is 8.78 Å². The van der Waals surface area contributed by atoms with Gasteiger partial charge in [0.25, 0.3) is 0 Å². The van der Waals surface area contributed by atoms with Gasteiger partial charge in [-0.05, 0) is 48.7 Å². The van der Waals surface area contributed by atoms with Gasteiger partial charge in [0.15, 0.2) is 0 Å². The van der Waals surface area contributed by atoms with E-state index in [-0.39, 0.29) is 11.6 Å². The van der Waals surface area contributed by atoms with Gasteiger partial charge in [-0.15, -0.1) is 0 Å². The Balaban J connectivity index is 1.33. The first kappa shape index (κ1) is 18.0. The standard InChI is InChI=1S/C21H25F2N3O/c1-27-21-13-17(23)4-7-20(21)26-10-8-25(9-11-26)14-18-5-2-15-12-16(22)3-6-19(15)24-18/h3-4,6-7,12-13,18,24H,2,5,8-11,14H2,1H3. The van der Waals surface area contributed by atoms with Crippen LogP contribution in [0.25, 0.3) is 0 Å². The molecule has 0 saturated carbocycles. The number of piperazine rings is 1. The van der Waals surface area contributed by atoms with Crippen molar-refractivity contribution in [3.63, 3.8) is 0 Å². The molecule has 4 rings (SSSR count). The van der Waals surface area contributed by atoms with E-state index >= 15 is 0 Å². The average Bonchev–Trinajstić information content (AvgIpc) is 2.69. The Labute approximate surface area is 158 Å². The smallest absolute Gasteiger partial charge is 0.145 e. The first-order chi connectivity index (χ1) is 13.1. The molecule has 6 heteroatoms. The fourth-order valence-electron chi connectivity index (χ4n) is 4.06. The molecule has 1 fully saturated rings. The summed E-state index contributed by atoms with van der Waals surface area (Å²) >= 11 is 0. The summed E-state index contributed by atoms with van der Waals surface area (Å²) in [4.78, 5) is 4.71. The number of benzene rings is 2. The van der Waals surface area contributed by atoms with Crippen LogP contribution in [0.1, 0.15) is 12.0 Å². The van der Waals surface area contributed by atoms with Crippen LogP contribution in [0.15, 0.2) is 36.4 Å². The van der Waals surface area contributed by atoms with Gasteiger partial charge in [-0.3, -0.25) is 4.90 Å². The number of anilines is 2. The van der Waals surface area contributed by atoms with Crippen molar-refractivity contribution in [3.8, 4) is 5.75 Å². The molecule has 0 radical (unpaired) electrons. The number of rotatable bonds is 4. The molecular weight excluding hydrogens is 348 g/mol. The SMILES string of the molecule is COc1cc(F)ccc1N1CCN(CC2CCc3cc(F)ccc3N2)CC1. The Morgan fingerprint density at radius 2 is 1.78 bits per heavy atom. The number of nitrogens with zero attached hydrogens (tertiary/aromatic N) is 2. The lowest BCUT2D eigenvalue weighted by molar-refractivity contribution is 0.242. The van der Waals surface area contributed by atoms with Crippen LogP contribution in [-0.4, -0.2) is 50.8 Å². The predicted octanol–water partition coefficient (Wildman–Crippen LogP) is 3.52. The van der Waals surface area contributed by atoms with Crippen molar-refractivity contribution in [2.75, 3.05) is 50.1 Å².